The van der Waals surface area contributed by atoms with Crippen LogP contribution in [0.25, 0.3) is 0 Å². The Hall–Kier alpha value is -1.42. The first-order valence-corrected chi connectivity index (χ1v) is 10.3. The number of ether oxygens (including phenoxy) is 2. The largest absolute Gasteiger partial charge is 0.431 e. The molecular formula is C23H32F2O2. The van der Waals surface area contributed by atoms with Gasteiger partial charge in [-0.3, -0.25) is 0 Å². The molecule has 0 spiro atoms. The van der Waals surface area contributed by atoms with Crippen LogP contribution in [0, 0.1) is 24.7 Å². The van der Waals surface area contributed by atoms with Gasteiger partial charge in [-0.05, 0) is 88.2 Å². The lowest BCUT2D eigenvalue weighted by atomic mass is 9.70. The Labute approximate surface area is 161 Å². The minimum absolute atomic E-state index is 0.0711. The topological polar surface area (TPSA) is 18.5 Å². The van der Waals surface area contributed by atoms with Crippen LogP contribution in [-0.2, 0) is 4.74 Å². The van der Waals surface area contributed by atoms with Crippen LogP contribution in [0.1, 0.15) is 56.9 Å². The maximum atomic E-state index is 14.0. The lowest BCUT2D eigenvalue weighted by molar-refractivity contribution is -0.222. The molecular weight excluding hydrogens is 346 g/mol. The van der Waals surface area contributed by atoms with E-state index < -0.39 is 12.7 Å². The van der Waals surface area contributed by atoms with Crippen molar-refractivity contribution in [3.8, 4) is 5.75 Å². The monoisotopic (exact) mass is 378 g/mol. The fourth-order valence-corrected chi connectivity index (χ4v) is 4.60. The maximum absolute atomic E-state index is 14.0. The van der Waals surface area contributed by atoms with Crippen LogP contribution in [0.3, 0.4) is 0 Å². The minimum Gasteiger partial charge on any atom is -0.431 e. The molecule has 0 aliphatic heterocycles. The Morgan fingerprint density at radius 1 is 0.963 bits per heavy atom. The average Bonchev–Trinajstić information content (AvgIpc) is 2.69. The molecule has 0 unspecified atom stereocenters. The summed E-state index contributed by atoms with van der Waals surface area (Å²) in [4.78, 5) is 0. The highest BCUT2D eigenvalue weighted by molar-refractivity contribution is 5.26. The molecule has 27 heavy (non-hydrogen) atoms. The van der Waals surface area contributed by atoms with Crippen LogP contribution in [0.5, 0.6) is 5.75 Å². The molecule has 0 bridgehead atoms. The Morgan fingerprint density at radius 3 is 2.07 bits per heavy atom. The first-order chi connectivity index (χ1) is 12.9. The quantitative estimate of drug-likeness (QED) is 0.502. The van der Waals surface area contributed by atoms with E-state index in [1.807, 2.05) is 6.92 Å². The third kappa shape index (κ3) is 6.03. The van der Waals surface area contributed by atoms with E-state index in [4.69, 9.17) is 9.47 Å². The van der Waals surface area contributed by atoms with Crippen molar-refractivity contribution in [3.05, 3.63) is 42.5 Å². The zero-order chi connectivity index (χ0) is 19.3. The van der Waals surface area contributed by atoms with E-state index in [9.17, 15) is 8.78 Å². The summed E-state index contributed by atoms with van der Waals surface area (Å²) < 4.78 is 38.4. The molecule has 150 valence electrons. The summed E-state index contributed by atoms with van der Waals surface area (Å²) in [6.07, 6.45) is 7.77. The van der Waals surface area contributed by atoms with E-state index in [1.54, 1.807) is 24.3 Å². The van der Waals surface area contributed by atoms with Crippen molar-refractivity contribution in [2.45, 2.75) is 70.5 Å². The Balaban J connectivity index is 1.38. The SMILES string of the molecule is C=CC1CCC(C2CCC(OCC(F)(F)Oc3ccc(C)cc3)CC2)CC1. The highest BCUT2D eigenvalue weighted by atomic mass is 19.3. The third-order valence-corrected chi connectivity index (χ3v) is 6.31. The molecule has 0 aromatic heterocycles. The number of hydrogen-bond acceptors (Lipinski definition) is 2. The number of aryl methyl sites for hydroxylation is 1. The van der Waals surface area contributed by atoms with Gasteiger partial charge in [-0.2, -0.15) is 8.78 Å². The van der Waals surface area contributed by atoms with Gasteiger partial charge >= 0.3 is 6.11 Å². The highest BCUT2D eigenvalue weighted by Crippen LogP contribution is 2.40. The fraction of sp³-hybridized carbons (Fsp3) is 0.652. The summed E-state index contributed by atoms with van der Waals surface area (Å²) in [5, 5.41) is 0. The molecule has 0 radical (unpaired) electrons. The predicted octanol–water partition coefficient (Wildman–Crippen LogP) is 6.53. The van der Waals surface area contributed by atoms with E-state index in [2.05, 4.69) is 12.7 Å². The molecule has 1 aromatic carbocycles. The minimum atomic E-state index is -3.30. The van der Waals surface area contributed by atoms with Gasteiger partial charge in [0, 0.05) is 0 Å². The standard InChI is InChI=1S/C23H32F2O2/c1-3-18-6-8-19(9-7-18)20-10-14-21(15-11-20)26-16-23(24,25)27-22-12-4-17(2)5-13-22/h3-5,12-13,18-21H,1,6-11,14-16H2,2H3. The molecule has 0 heterocycles. The fourth-order valence-electron chi connectivity index (χ4n) is 4.60. The number of benzene rings is 1. The van der Waals surface area contributed by atoms with Gasteiger partial charge in [0.15, 0.2) is 6.61 Å². The summed E-state index contributed by atoms with van der Waals surface area (Å²) in [5.74, 6) is 2.40. The van der Waals surface area contributed by atoms with Crippen LogP contribution in [0.15, 0.2) is 36.9 Å². The number of rotatable bonds is 7. The normalized spacial score (nSPS) is 29.3. The second-order valence-corrected chi connectivity index (χ2v) is 8.31. The van der Waals surface area contributed by atoms with Gasteiger partial charge < -0.3 is 9.47 Å². The predicted molar refractivity (Wildman–Crippen MR) is 104 cm³/mol. The molecule has 2 aliphatic carbocycles. The molecule has 3 rings (SSSR count). The lowest BCUT2D eigenvalue weighted by Crippen LogP contribution is -2.35. The molecule has 0 amide bonds. The van der Waals surface area contributed by atoms with Gasteiger partial charge in [-0.1, -0.05) is 23.8 Å². The zero-order valence-electron chi connectivity index (χ0n) is 16.3. The smallest absolute Gasteiger partial charge is 0.421 e. The molecule has 4 heteroatoms. The third-order valence-electron chi connectivity index (χ3n) is 6.31. The van der Waals surface area contributed by atoms with E-state index in [0.717, 1.165) is 43.1 Å². The van der Waals surface area contributed by atoms with Crippen LogP contribution >= 0.6 is 0 Å². The lowest BCUT2D eigenvalue weighted by Gasteiger charge is -2.37. The maximum Gasteiger partial charge on any atom is 0.421 e. The molecule has 2 saturated carbocycles. The van der Waals surface area contributed by atoms with Gasteiger partial charge in [0.05, 0.1) is 6.10 Å². The number of halogens is 2. The van der Waals surface area contributed by atoms with Crippen molar-refractivity contribution >= 4 is 0 Å². The van der Waals surface area contributed by atoms with Crippen LogP contribution in [0.2, 0.25) is 0 Å². The molecule has 2 nitrogen and oxygen atoms in total. The van der Waals surface area contributed by atoms with Crippen molar-refractivity contribution in [2.75, 3.05) is 6.61 Å². The first kappa shape index (κ1) is 20.3. The van der Waals surface area contributed by atoms with Gasteiger partial charge in [0.25, 0.3) is 0 Å². The van der Waals surface area contributed by atoms with Crippen molar-refractivity contribution < 1.29 is 18.3 Å². The molecule has 0 saturated heterocycles. The zero-order valence-corrected chi connectivity index (χ0v) is 16.3. The second-order valence-electron chi connectivity index (χ2n) is 8.31. The summed E-state index contributed by atoms with van der Waals surface area (Å²) in [6, 6.07) is 6.65. The van der Waals surface area contributed by atoms with Gasteiger partial charge in [0.1, 0.15) is 5.75 Å². The average molecular weight is 379 g/mol. The summed E-state index contributed by atoms with van der Waals surface area (Å²) in [5.41, 5.74) is 1.01. The Morgan fingerprint density at radius 2 is 1.52 bits per heavy atom. The summed E-state index contributed by atoms with van der Waals surface area (Å²) >= 11 is 0. The van der Waals surface area contributed by atoms with Gasteiger partial charge in [-0.15, -0.1) is 6.58 Å². The Kier molecular flexibility index (Phi) is 6.91. The van der Waals surface area contributed by atoms with Crippen molar-refractivity contribution in [1.82, 2.24) is 0 Å². The Bertz CT molecular complexity index is 583. The summed E-state index contributed by atoms with van der Waals surface area (Å²) in [6.45, 7) is 5.14. The number of alkyl halides is 2. The molecule has 0 N–H and O–H groups in total. The van der Waals surface area contributed by atoms with E-state index in [-0.39, 0.29) is 11.9 Å². The molecule has 0 atom stereocenters. The van der Waals surface area contributed by atoms with Crippen LogP contribution < -0.4 is 4.74 Å². The number of hydrogen-bond donors (Lipinski definition) is 0. The first-order valence-electron chi connectivity index (χ1n) is 10.3. The summed E-state index contributed by atoms with van der Waals surface area (Å²) in [7, 11) is 0. The second kappa shape index (κ2) is 9.18. The molecule has 1 aromatic rings. The van der Waals surface area contributed by atoms with Crippen LogP contribution in [-0.4, -0.2) is 18.8 Å². The molecule has 2 aliphatic rings. The highest BCUT2D eigenvalue weighted by Gasteiger charge is 2.35. The number of allylic oxidation sites excluding steroid dienone is 1. The van der Waals surface area contributed by atoms with E-state index >= 15 is 0 Å². The van der Waals surface area contributed by atoms with Crippen molar-refractivity contribution in [1.29, 1.82) is 0 Å². The van der Waals surface area contributed by atoms with E-state index in [1.165, 1.54) is 25.7 Å². The van der Waals surface area contributed by atoms with E-state index in [0.29, 0.717) is 5.92 Å². The van der Waals surface area contributed by atoms with Crippen molar-refractivity contribution in [3.63, 3.8) is 0 Å². The van der Waals surface area contributed by atoms with Crippen LogP contribution in [0.4, 0.5) is 8.78 Å². The van der Waals surface area contributed by atoms with Gasteiger partial charge in [0.2, 0.25) is 0 Å². The molecule has 2 fully saturated rings. The van der Waals surface area contributed by atoms with Crippen molar-refractivity contribution in [2.24, 2.45) is 17.8 Å². The van der Waals surface area contributed by atoms with Gasteiger partial charge in [-0.25, -0.2) is 0 Å².